The van der Waals surface area contributed by atoms with E-state index in [9.17, 15) is 9.59 Å². The number of amides is 2. The summed E-state index contributed by atoms with van der Waals surface area (Å²) in [5, 5.41) is 2.80. The number of likely N-dealkylation sites (tertiary alicyclic amines) is 1. The van der Waals surface area contributed by atoms with Crippen molar-refractivity contribution in [2.75, 3.05) is 33.4 Å². The van der Waals surface area contributed by atoms with Gasteiger partial charge in [-0.3, -0.25) is 9.59 Å². The van der Waals surface area contributed by atoms with Crippen molar-refractivity contribution in [3.63, 3.8) is 0 Å². The number of rotatable bonds is 7. The summed E-state index contributed by atoms with van der Waals surface area (Å²) in [6, 6.07) is 8.33. The summed E-state index contributed by atoms with van der Waals surface area (Å²) in [5.41, 5.74) is 2.44. The first-order chi connectivity index (χ1) is 10.6. The normalized spacial score (nSPS) is 17.8. The van der Waals surface area contributed by atoms with Crippen LogP contribution in [0.25, 0.3) is 0 Å². The first-order valence-corrected chi connectivity index (χ1v) is 7.70. The summed E-state index contributed by atoms with van der Waals surface area (Å²) in [7, 11) is 1.60. The molecule has 1 heterocycles. The minimum absolute atomic E-state index is 0.0526. The Morgan fingerprint density at radius 1 is 1.36 bits per heavy atom. The fourth-order valence-corrected chi connectivity index (χ4v) is 2.60. The number of aryl methyl sites for hydroxylation is 1. The van der Waals surface area contributed by atoms with E-state index < -0.39 is 0 Å². The maximum atomic E-state index is 12.0. The Morgan fingerprint density at radius 2 is 2.09 bits per heavy atom. The van der Waals surface area contributed by atoms with Gasteiger partial charge in [-0.25, -0.2) is 0 Å². The van der Waals surface area contributed by atoms with Gasteiger partial charge in [-0.15, -0.1) is 0 Å². The van der Waals surface area contributed by atoms with Crippen molar-refractivity contribution in [2.24, 2.45) is 5.92 Å². The molecular formula is C17H24N2O3. The van der Waals surface area contributed by atoms with Gasteiger partial charge in [0.2, 0.25) is 11.8 Å². The molecule has 1 aromatic carbocycles. The van der Waals surface area contributed by atoms with Crippen LogP contribution in [0.5, 0.6) is 0 Å². The number of nitrogens with one attached hydrogen (secondary N) is 1. The van der Waals surface area contributed by atoms with Crippen molar-refractivity contribution >= 4 is 11.8 Å². The van der Waals surface area contributed by atoms with E-state index in [-0.39, 0.29) is 17.7 Å². The van der Waals surface area contributed by atoms with Crippen LogP contribution >= 0.6 is 0 Å². The third kappa shape index (κ3) is 4.56. The predicted molar refractivity (Wildman–Crippen MR) is 84.5 cm³/mol. The van der Waals surface area contributed by atoms with Crippen molar-refractivity contribution in [3.05, 3.63) is 35.4 Å². The monoisotopic (exact) mass is 304 g/mol. The second-order valence-corrected chi connectivity index (χ2v) is 5.76. The predicted octanol–water partition coefficient (Wildman–Crippen LogP) is 1.15. The van der Waals surface area contributed by atoms with Gasteiger partial charge < -0.3 is 15.0 Å². The third-order valence-electron chi connectivity index (χ3n) is 3.98. The van der Waals surface area contributed by atoms with E-state index in [1.54, 1.807) is 12.0 Å². The summed E-state index contributed by atoms with van der Waals surface area (Å²) < 4.78 is 4.90. The quantitative estimate of drug-likeness (QED) is 0.769. The lowest BCUT2D eigenvalue weighted by Gasteiger charge is -2.16. The Labute approximate surface area is 131 Å². The number of hydrogen-bond acceptors (Lipinski definition) is 3. The van der Waals surface area contributed by atoms with Gasteiger partial charge in [-0.1, -0.05) is 29.8 Å². The molecule has 1 aromatic rings. The van der Waals surface area contributed by atoms with Crippen LogP contribution in [0.3, 0.4) is 0 Å². The van der Waals surface area contributed by atoms with Crippen molar-refractivity contribution in [3.8, 4) is 0 Å². The highest BCUT2D eigenvalue weighted by Gasteiger charge is 2.33. The average molecular weight is 304 g/mol. The van der Waals surface area contributed by atoms with Crippen LogP contribution in [0.15, 0.2) is 24.3 Å². The van der Waals surface area contributed by atoms with Crippen molar-refractivity contribution in [2.45, 2.75) is 19.8 Å². The molecule has 120 valence electrons. The van der Waals surface area contributed by atoms with Gasteiger partial charge in [0.1, 0.15) is 0 Å². The van der Waals surface area contributed by atoms with E-state index in [0.717, 1.165) is 6.42 Å². The molecule has 1 saturated heterocycles. The minimum atomic E-state index is -0.234. The standard InChI is InChI=1S/C17H24N2O3/c1-13-3-5-14(6-4-13)7-9-19-12-15(11-16(19)20)17(21)18-8-10-22-2/h3-6,15H,7-12H2,1-2H3,(H,18,21). The van der Waals surface area contributed by atoms with Gasteiger partial charge in [-0.2, -0.15) is 0 Å². The Balaban J connectivity index is 1.79. The van der Waals surface area contributed by atoms with E-state index in [0.29, 0.717) is 32.7 Å². The first-order valence-electron chi connectivity index (χ1n) is 7.70. The Bertz CT molecular complexity index is 513. The Morgan fingerprint density at radius 3 is 2.77 bits per heavy atom. The van der Waals surface area contributed by atoms with Crippen LogP contribution < -0.4 is 5.32 Å². The summed E-state index contributed by atoms with van der Waals surface area (Å²) in [6.07, 6.45) is 1.14. The lowest BCUT2D eigenvalue weighted by Crippen LogP contribution is -2.35. The Kier molecular flexibility index (Phi) is 5.95. The van der Waals surface area contributed by atoms with Crippen LogP contribution in [0.1, 0.15) is 17.5 Å². The number of ether oxygens (including phenoxy) is 1. The van der Waals surface area contributed by atoms with Gasteiger partial charge in [0.25, 0.3) is 0 Å². The molecule has 1 aliphatic heterocycles. The molecule has 0 spiro atoms. The zero-order valence-electron chi connectivity index (χ0n) is 13.3. The molecule has 0 aromatic heterocycles. The first kappa shape index (κ1) is 16.5. The minimum Gasteiger partial charge on any atom is -0.383 e. The van der Waals surface area contributed by atoms with E-state index in [2.05, 4.69) is 36.5 Å². The molecule has 0 radical (unpaired) electrons. The second-order valence-electron chi connectivity index (χ2n) is 5.76. The second kappa shape index (κ2) is 7.94. The lowest BCUT2D eigenvalue weighted by atomic mass is 10.1. The van der Waals surface area contributed by atoms with E-state index >= 15 is 0 Å². The van der Waals surface area contributed by atoms with E-state index in [4.69, 9.17) is 4.74 Å². The zero-order valence-corrected chi connectivity index (χ0v) is 13.3. The molecule has 1 atom stereocenters. The largest absolute Gasteiger partial charge is 0.383 e. The number of carbonyl (C=O) groups excluding carboxylic acids is 2. The van der Waals surface area contributed by atoms with Crippen LogP contribution in [0.4, 0.5) is 0 Å². The van der Waals surface area contributed by atoms with Crippen molar-refractivity contribution < 1.29 is 14.3 Å². The summed E-state index contributed by atoms with van der Waals surface area (Å²) in [5.74, 6) is -0.218. The summed E-state index contributed by atoms with van der Waals surface area (Å²) in [4.78, 5) is 25.8. The van der Waals surface area contributed by atoms with Gasteiger partial charge in [0.05, 0.1) is 12.5 Å². The molecule has 2 rings (SSSR count). The fraction of sp³-hybridized carbons (Fsp3) is 0.529. The molecule has 1 N–H and O–H groups in total. The highest BCUT2D eigenvalue weighted by Crippen LogP contribution is 2.18. The summed E-state index contributed by atoms with van der Waals surface area (Å²) in [6.45, 7) is 4.22. The van der Waals surface area contributed by atoms with E-state index in [1.165, 1.54) is 11.1 Å². The molecule has 2 amide bonds. The Hall–Kier alpha value is -1.88. The lowest BCUT2D eigenvalue weighted by molar-refractivity contribution is -0.129. The number of carbonyl (C=O) groups is 2. The topological polar surface area (TPSA) is 58.6 Å². The molecule has 1 fully saturated rings. The molecule has 5 heteroatoms. The van der Waals surface area contributed by atoms with Crippen LogP contribution in [0, 0.1) is 12.8 Å². The van der Waals surface area contributed by atoms with Gasteiger partial charge in [0, 0.05) is 33.2 Å². The van der Waals surface area contributed by atoms with Crippen molar-refractivity contribution in [1.29, 1.82) is 0 Å². The number of benzene rings is 1. The molecular weight excluding hydrogens is 280 g/mol. The molecule has 0 aliphatic carbocycles. The van der Waals surface area contributed by atoms with E-state index in [1.807, 2.05) is 0 Å². The maximum absolute atomic E-state index is 12.0. The summed E-state index contributed by atoms with van der Waals surface area (Å²) >= 11 is 0. The van der Waals surface area contributed by atoms with Gasteiger partial charge in [0.15, 0.2) is 0 Å². The SMILES string of the molecule is COCCNC(=O)C1CC(=O)N(CCc2ccc(C)cc2)C1. The van der Waals surface area contributed by atoms with Gasteiger partial charge >= 0.3 is 0 Å². The highest BCUT2D eigenvalue weighted by molar-refractivity contribution is 5.89. The molecule has 1 unspecified atom stereocenters. The van der Waals surface area contributed by atoms with Crippen LogP contribution in [-0.4, -0.2) is 50.1 Å². The number of methoxy groups -OCH3 is 1. The number of nitrogens with zero attached hydrogens (tertiary/aromatic N) is 1. The van der Waals surface area contributed by atoms with Crippen LogP contribution in [0.2, 0.25) is 0 Å². The maximum Gasteiger partial charge on any atom is 0.225 e. The molecule has 22 heavy (non-hydrogen) atoms. The third-order valence-corrected chi connectivity index (χ3v) is 3.98. The average Bonchev–Trinajstić information content (AvgIpc) is 2.88. The molecule has 0 bridgehead atoms. The van der Waals surface area contributed by atoms with Gasteiger partial charge in [-0.05, 0) is 18.9 Å². The fourth-order valence-electron chi connectivity index (χ4n) is 2.60. The molecule has 5 nitrogen and oxygen atoms in total. The van der Waals surface area contributed by atoms with Crippen LogP contribution in [-0.2, 0) is 20.7 Å². The van der Waals surface area contributed by atoms with Crippen molar-refractivity contribution in [1.82, 2.24) is 10.2 Å². The molecule has 0 saturated carbocycles. The molecule has 1 aliphatic rings. The number of hydrogen-bond donors (Lipinski definition) is 1. The smallest absolute Gasteiger partial charge is 0.225 e. The zero-order chi connectivity index (χ0) is 15.9. The highest BCUT2D eigenvalue weighted by atomic mass is 16.5.